The lowest BCUT2D eigenvalue weighted by Crippen LogP contribution is -2.27. The molecule has 0 radical (unpaired) electrons. The van der Waals surface area contributed by atoms with Crippen LogP contribution < -0.4 is 5.32 Å². The van der Waals surface area contributed by atoms with Crippen LogP contribution in [0.4, 0.5) is 23.8 Å². The topological polar surface area (TPSA) is 86.1 Å². The van der Waals surface area contributed by atoms with Gasteiger partial charge in [0.05, 0.1) is 11.8 Å². The molecule has 26 heavy (non-hydrogen) atoms. The number of rotatable bonds is 3. The van der Waals surface area contributed by atoms with Crippen LogP contribution >= 0.6 is 0 Å². The van der Waals surface area contributed by atoms with E-state index in [4.69, 9.17) is 4.74 Å². The fraction of sp³-hybridized carbons (Fsp3) is 0.375. The Morgan fingerprint density at radius 3 is 2.38 bits per heavy atom. The lowest BCUT2D eigenvalue weighted by Gasteiger charge is -2.19. The summed E-state index contributed by atoms with van der Waals surface area (Å²) in [6.45, 7) is 6.02. The third-order valence-electron chi connectivity index (χ3n) is 3.00. The first-order valence-electron chi connectivity index (χ1n) is 7.52. The number of Topliss-reactive ketones (excluding diaryl/α,β-unsaturated/α-hetero) is 1. The molecule has 140 valence electrons. The number of nitrogens with zero attached hydrogens (tertiary/aromatic N) is 3. The molecule has 10 heteroatoms. The normalized spacial score (nSPS) is 12.0. The maximum absolute atomic E-state index is 13.4. The summed E-state index contributed by atoms with van der Waals surface area (Å²) in [7, 11) is 0. The molecule has 2 rings (SSSR count). The molecule has 0 spiro atoms. The zero-order valence-electron chi connectivity index (χ0n) is 14.5. The monoisotopic (exact) mass is 370 g/mol. The van der Waals surface area contributed by atoms with Crippen molar-refractivity contribution in [3.63, 3.8) is 0 Å². The Kier molecular flexibility index (Phi) is 5.06. The van der Waals surface area contributed by atoms with Crippen molar-refractivity contribution in [3.05, 3.63) is 35.7 Å². The third-order valence-corrected chi connectivity index (χ3v) is 3.00. The fourth-order valence-corrected chi connectivity index (χ4v) is 2.07. The Morgan fingerprint density at radius 1 is 1.19 bits per heavy atom. The van der Waals surface area contributed by atoms with E-state index in [-0.39, 0.29) is 11.6 Å². The van der Waals surface area contributed by atoms with Crippen molar-refractivity contribution in [1.29, 1.82) is 0 Å². The van der Waals surface area contributed by atoms with Crippen molar-refractivity contribution in [1.82, 2.24) is 14.8 Å². The number of pyridine rings is 1. The number of aromatic nitrogens is 3. The second-order valence-corrected chi connectivity index (χ2v) is 6.38. The molecule has 0 saturated carbocycles. The highest BCUT2D eigenvalue weighted by atomic mass is 19.4. The van der Waals surface area contributed by atoms with E-state index < -0.39 is 34.9 Å². The number of hydrogen-bond donors (Lipinski definition) is 1. The van der Waals surface area contributed by atoms with Gasteiger partial charge in [-0.15, -0.1) is 0 Å². The molecule has 0 unspecified atom stereocenters. The van der Waals surface area contributed by atoms with Crippen molar-refractivity contribution < 1.29 is 27.5 Å². The summed E-state index contributed by atoms with van der Waals surface area (Å²) in [5.74, 6) is -1.00. The first-order valence-corrected chi connectivity index (χ1v) is 7.52. The zero-order chi connectivity index (χ0) is 19.7. The third kappa shape index (κ3) is 4.58. The largest absolute Gasteiger partial charge is 0.444 e. The van der Waals surface area contributed by atoms with Gasteiger partial charge in [-0.25, -0.2) is 14.5 Å². The highest BCUT2D eigenvalue weighted by Crippen LogP contribution is 2.33. The summed E-state index contributed by atoms with van der Waals surface area (Å²) >= 11 is 0. The van der Waals surface area contributed by atoms with Gasteiger partial charge in [-0.3, -0.25) is 10.1 Å². The molecule has 0 aliphatic rings. The predicted molar refractivity (Wildman–Crippen MR) is 86.2 cm³/mol. The van der Waals surface area contributed by atoms with Gasteiger partial charge >= 0.3 is 12.3 Å². The van der Waals surface area contributed by atoms with Gasteiger partial charge in [-0.05, 0) is 39.8 Å². The lowest BCUT2D eigenvalue weighted by molar-refractivity contribution is -0.143. The van der Waals surface area contributed by atoms with Crippen molar-refractivity contribution >= 4 is 17.7 Å². The summed E-state index contributed by atoms with van der Waals surface area (Å²) in [6, 6.07) is 4.05. The standard InChI is InChI=1S/C16H17F3N4O3/c1-9(24)10-8-20-23(13(10)16(17,18)19)12-7-5-6-11(21-12)22-14(25)26-15(2,3)4/h5-8H,1-4H3,(H,21,22,25). The summed E-state index contributed by atoms with van der Waals surface area (Å²) < 4.78 is 45.6. The average molecular weight is 370 g/mol. The van der Waals surface area contributed by atoms with Crippen LogP contribution in [0.5, 0.6) is 0 Å². The van der Waals surface area contributed by atoms with Crippen molar-refractivity contribution in [2.75, 3.05) is 5.32 Å². The number of alkyl halides is 3. The number of carbonyl (C=O) groups is 2. The molecule has 0 aliphatic heterocycles. The number of carbonyl (C=O) groups excluding carboxylic acids is 2. The summed E-state index contributed by atoms with van der Waals surface area (Å²) in [5, 5.41) is 5.96. The molecule has 1 amide bonds. The Balaban J connectivity index is 2.40. The number of halogens is 3. The molecule has 2 aromatic heterocycles. The fourth-order valence-electron chi connectivity index (χ4n) is 2.07. The van der Waals surface area contributed by atoms with Crippen molar-refractivity contribution in [2.24, 2.45) is 0 Å². The summed E-state index contributed by atoms with van der Waals surface area (Å²) in [6.07, 6.45) is -4.78. The van der Waals surface area contributed by atoms with Gasteiger partial charge in [0.15, 0.2) is 17.3 Å². The van der Waals surface area contributed by atoms with Gasteiger partial charge in [0.2, 0.25) is 0 Å². The van der Waals surface area contributed by atoms with Crippen LogP contribution in [0.25, 0.3) is 5.82 Å². The Labute approximate surface area is 147 Å². The maximum atomic E-state index is 13.4. The average Bonchev–Trinajstić information content (AvgIpc) is 2.90. The minimum Gasteiger partial charge on any atom is -0.444 e. The molecule has 7 nitrogen and oxygen atoms in total. The molecule has 0 aliphatic carbocycles. The second-order valence-electron chi connectivity index (χ2n) is 6.38. The van der Waals surface area contributed by atoms with Crippen LogP contribution in [0.3, 0.4) is 0 Å². The highest BCUT2D eigenvalue weighted by molar-refractivity contribution is 5.95. The van der Waals surface area contributed by atoms with Gasteiger partial charge in [0, 0.05) is 0 Å². The quantitative estimate of drug-likeness (QED) is 0.830. The van der Waals surface area contributed by atoms with E-state index in [1.807, 2.05) is 0 Å². The number of anilines is 1. The molecule has 0 aromatic carbocycles. The van der Waals surface area contributed by atoms with E-state index in [0.29, 0.717) is 4.68 Å². The van der Waals surface area contributed by atoms with Crippen LogP contribution in [0.1, 0.15) is 43.7 Å². The van der Waals surface area contributed by atoms with E-state index in [9.17, 15) is 22.8 Å². The van der Waals surface area contributed by atoms with Crippen LogP contribution in [-0.4, -0.2) is 32.2 Å². The van der Waals surface area contributed by atoms with E-state index in [2.05, 4.69) is 15.4 Å². The lowest BCUT2D eigenvalue weighted by atomic mass is 10.2. The summed E-state index contributed by atoms with van der Waals surface area (Å²) in [5.41, 5.74) is -2.54. The van der Waals surface area contributed by atoms with Gasteiger partial charge in [-0.2, -0.15) is 18.3 Å². The Bertz CT molecular complexity index is 838. The van der Waals surface area contributed by atoms with Gasteiger partial charge in [0.1, 0.15) is 11.4 Å². The number of ether oxygens (including phenoxy) is 1. The smallest absolute Gasteiger partial charge is 0.434 e. The molecular weight excluding hydrogens is 353 g/mol. The number of hydrogen-bond acceptors (Lipinski definition) is 5. The Morgan fingerprint density at radius 2 is 1.85 bits per heavy atom. The molecule has 2 heterocycles. The van der Waals surface area contributed by atoms with E-state index >= 15 is 0 Å². The molecule has 0 atom stereocenters. The van der Waals surface area contributed by atoms with Gasteiger partial charge in [0.25, 0.3) is 0 Å². The van der Waals surface area contributed by atoms with E-state index in [1.54, 1.807) is 20.8 Å². The van der Waals surface area contributed by atoms with E-state index in [0.717, 1.165) is 13.1 Å². The minimum absolute atomic E-state index is 0.0234. The van der Waals surface area contributed by atoms with Gasteiger partial charge in [-0.1, -0.05) is 6.07 Å². The van der Waals surface area contributed by atoms with Gasteiger partial charge < -0.3 is 4.74 Å². The minimum atomic E-state index is -4.81. The zero-order valence-corrected chi connectivity index (χ0v) is 14.5. The van der Waals surface area contributed by atoms with Crippen LogP contribution in [-0.2, 0) is 10.9 Å². The van der Waals surface area contributed by atoms with Crippen LogP contribution in [0.15, 0.2) is 24.4 Å². The van der Waals surface area contributed by atoms with E-state index in [1.165, 1.54) is 18.2 Å². The van der Waals surface area contributed by atoms with Crippen molar-refractivity contribution in [2.45, 2.75) is 39.5 Å². The molecule has 1 N–H and O–H groups in total. The molecule has 2 aromatic rings. The summed E-state index contributed by atoms with van der Waals surface area (Å²) in [4.78, 5) is 27.2. The van der Waals surface area contributed by atoms with Crippen LogP contribution in [0, 0.1) is 0 Å². The molecule has 0 bridgehead atoms. The molecule has 0 saturated heterocycles. The number of amides is 1. The molecule has 0 fully saturated rings. The number of ketones is 1. The first kappa shape index (κ1) is 19.4. The molecular formula is C16H17F3N4O3. The first-order chi connectivity index (χ1) is 11.9. The maximum Gasteiger partial charge on any atom is 0.434 e. The van der Waals surface area contributed by atoms with Crippen LogP contribution in [0.2, 0.25) is 0 Å². The highest BCUT2D eigenvalue weighted by Gasteiger charge is 2.40. The second kappa shape index (κ2) is 6.77. The number of nitrogens with one attached hydrogen (secondary N) is 1. The van der Waals surface area contributed by atoms with Crippen molar-refractivity contribution in [3.8, 4) is 5.82 Å². The predicted octanol–water partition coefficient (Wildman–Crippen LogP) is 3.84. The Hall–Kier alpha value is -2.91. The SMILES string of the molecule is CC(=O)c1cnn(-c2cccc(NC(=O)OC(C)(C)C)n2)c1C(F)(F)F.